The maximum Gasteiger partial charge on any atom is 0.416 e. The van der Waals surface area contributed by atoms with Gasteiger partial charge in [0.1, 0.15) is 5.82 Å². The summed E-state index contributed by atoms with van der Waals surface area (Å²) in [5, 5.41) is 11.6. The van der Waals surface area contributed by atoms with Crippen molar-refractivity contribution < 1.29 is 37.1 Å². The lowest BCUT2D eigenvalue weighted by Crippen LogP contribution is -2.28. The summed E-state index contributed by atoms with van der Waals surface area (Å²) in [5.74, 6) is -1.45. The zero-order valence-corrected chi connectivity index (χ0v) is 18.9. The van der Waals surface area contributed by atoms with Gasteiger partial charge in [-0.15, -0.1) is 0 Å². The van der Waals surface area contributed by atoms with E-state index in [1.54, 1.807) is 7.05 Å². The highest BCUT2D eigenvalue weighted by atomic mass is 19.4. The van der Waals surface area contributed by atoms with Gasteiger partial charge in [-0.3, -0.25) is 14.4 Å². The number of alkyl halides is 3. The molecule has 2 atom stereocenters. The number of nitrogens with one attached hydrogen (secondary N) is 2. The average Bonchev–Trinajstić information content (AvgIpc) is 2.81. The van der Waals surface area contributed by atoms with Gasteiger partial charge in [-0.25, -0.2) is 4.39 Å². The molecule has 34 heavy (non-hydrogen) atoms. The van der Waals surface area contributed by atoms with Crippen molar-refractivity contribution in [2.45, 2.75) is 44.7 Å². The highest BCUT2D eigenvalue weighted by molar-refractivity contribution is 5.92. The fraction of sp³-hybridized carbons (Fsp3) is 0.375. The zero-order chi connectivity index (χ0) is 25.7. The molecule has 0 bridgehead atoms. The lowest BCUT2D eigenvalue weighted by molar-refractivity contribution is -0.137. The number of amides is 2. The largest absolute Gasteiger partial charge is 0.483 e. The molecule has 2 aromatic rings. The van der Waals surface area contributed by atoms with Crippen molar-refractivity contribution >= 4 is 24.5 Å². The van der Waals surface area contributed by atoms with Crippen LogP contribution in [0.4, 0.5) is 23.2 Å². The molecule has 10 heteroatoms. The number of halogens is 4. The summed E-state index contributed by atoms with van der Waals surface area (Å²) in [6, 6.07) is 10.4. The van der Waals surface area contributed by atoms with Crippen LogP contribution in [0.1, 0.15) is 48.3 Å². The van der Waals surface area contributed by atoms with E-state index < -0.39 is 17.6 Å². The van der Waals surface area contributed by atoms with Gasteiger partial charge in [0.05, 0.1) is 11.3 Å². The maximum absolute atomic E-state index is 14.0. The van der Waals surface area contributed by atoms with Gasteiger partial charge in [0, 0.05) is 13.0 Å². The summed E-state index contributed by atoms with van der Waals surface area (Å²) >= 11 is 0. The standard InChI is InChI=1S/C21H21F4NO.C2H5NO.CH2O2/c1-13-5-7-14(8-6-13)15-3-2-4-16(11-15)20(27)26-19-10-9-17(12-18(19)22)21(23,24)25;1-3-2-4;2-1-3/h5-10,12,15-16H,2-4,11H2,1H3,(H,26,27);2H,1H3,(H,3,4);1H,(H,2,3). The van der Waals surface area contributed by atoms with E-state index in [9.17, 15) is 22.4 Å². The first kappa shape index (κ1) is 28.6. The molecule has 1 aliphatic carbocycles. The number of carboxylic acid groups (broad SMARTS) is 1. The molecule has 1 fully saturated rings. The number of aryl methyl sites for hydroxylation is 1. The van der Waals surface area contributed by atoms with Crippen LogP contribution < -0.4 is 10.6 Å². The molecule has 3 rings (SSSR count). The van der Waals surface area contributed by atoms with Gasteiger partial charge in [-0.2, -0.15) is 13.2 Å². The second kappa shape index (κ2) is 14.0. The van der Waals surface area contributed by atoms with Crippen LogP contribution in [0.5, 0.6) is 0 Å². The Morgan fingerprint density at radius 3 is 2.18 bits per heavy atom. The minimum atomic E-state index is -4.62. The van der Waals surface area contributed by atoms with E-state index in [1.807, 2.05) is 19.1 Å². The molecule has 186 valence electrons. The van der Waals surface area contributed by atoms with Gasteiger partial charge in [0.25, 0.3) is 6.47 Å². The van der Waals surface area contributed by atoms with Crippen LogP contribution in [0, 0.1) is 18.7 Å². The van der Waals surface area contributed by atoms with Crippen LogP contribution in [-0.4, -0.2) is 30.9 Å². The Balaban J connectivity index is 0.000000732. The molecule has 0 aliphatic heterocycles. The molecular weight excluding hydrogens is 456 g/mol. The molecule has 2 aromatic carbocycles. The van der Waals surface area contributed by atoms with Gasteiger partial charge >= 0.3 is 6.18 Å². The number of anilines is 1. The van der Waals surface area contributed by atoms with Gasteiger partial charge < -0.3 is 15.7 Å². The molecule has 2 unspecified atom stereocenters. The Kier molecular flexibility index (Phi) is 11.8. The van der Waals surface area contributed by atoms with Crippen molar-refractivity contribution in [2.75, 3.05) is 12.4 Å². The molecule has 1 aliphatic rings. The number of carbonyl (C=O) groups is 3. The van der Waals surface area contributed by atoms with Crippen LogP contribution in [0.2, 0.25) is 0 Å². The summed E-state index contributed by atoms with van der Waals surface area (Å²) in [7, 11) is 1.56. The zero-order valence-electron chi connectivity index (χ0n) is 18.9. The van der Waals surface area contributed by atoms with E-state index in [0.717, 1.165) is 25.0 Å². The summed E-state index contributed by atoms with van der Waals surface area (Å²) in [5.41, 5.74) is 1.06. The molecule has 2 amide bonds. The van der Waals surface area contributed by atoms with Crippen LogP contribution >= 0.6 is 0 Å². The van der Waals surface area contributed by atoms with Gasteiger partial charge in [-0.1, -0.05) is 36.2 Å². The van der Waals surface area contributed by atoms with E-state index in [2.05, 4.69) is 22.8 Å². The number of rotatable bonds is 4. The fourth-order valence-corrected chi connectivity index (χ4v) is 3.60. The van der Waals surface area contributed by atoms with E-state index >= 15 is 0 Å². The van der Waals surface area contributed by atoms with Crippen molar-refractivity contribution in [1.82, 2.24) is 5.32 Å². The lowest BCUT2D eigenvalue weighted by atomic mass is 9.77. The molecule has 0 saturated heterocycles. The fourth-order valence-electron chi connectivity index (χ4n) is 3.60. The molecule has 0 aromatic heterocycles. The first-order chi connectivity index (χ1) is 16.1. The highest BCUT2D eigenvalue weighted by Gasteiger charge is 2.32. The van der Waals surface area contributed by atoms with Crippen LogP contribution in [0.25, 0.3) is 0 Å². The quantitative estimate of drug-likeness (QED) is 0.414. The average molecular weight is 484 g/mol. The summed E-state index contributed by atoms with van der Waals surface area (Å²) in [4.78, 5) is 30.0. The number of hydrogen-bond acceptors (Lipinski definition) is 3. The predicted molar refractivity (Wildman–Crippen MR) is 120 cm³/mol. The topological polar surface area (TPSA) is 95.5 Å². The SMILES string of the molecule is CNC=O.Cc1ccc(C2CCCC(C(=O)Nc3ccc(C(F)(F)F)cc3F)C2)cc1.O=CO. The lowest BCUT2D eigenvalue weighted by Gasteiger charge is -2.29. The van der Waals surface area contributed by atoms with Gasteiger partial charge in [-0.05, 0) is 55.9 Å². The molecule has 0 radical (unpaired) electrons. The summed E-state index contributed by atoms with van der Waals surface area (Å²) in [6.45, 7) is 1.76. The summed E-state index contributed by atoms with van der Waals surface area (Å²) in [6.07, 6.45) is -0.783. The van der Waals surface area contributed by atoms with E-state index in [4.69, 9.17) is 14.7 Å². The van der Waals surface area contributed by atoms with Gasteiger partial charge in [0.2, 0.25) is 12.3 Å². The van der Waals surface area contributed by atoms with E-state index in [-0.39, 0.29) is 29.9 Å². The molecule has 1 saturated carbocycles. The third kappa shape index (κ3) is 9.21. The second-order valence-electron chi connectivity index (χ2n) is 7.66. The van der Waals surface area contributed by atoms with Crippen LogP contribution in [0.15, 0.2) is 42.5 Å². The smallest absolute Gasteiger partial charge is 0.416 e. The first-order valence-electron chi connectivity index (χ1n) is 10.5. The van der Waals surface area contributed by atoms with Crippen molar-refractivity contribution in [1.29, 1.82) is 0 Å². The Morgan fingerprint density at radius 1 is 1.09 bits per heavy atom. The van der Waals surface area contributed by atoms with Crippen molar-refractivity contribution in [3.8, 4) is 0 Å². The number of carbonyl (C=O) groups excluding carboxylic acids is 2. The van der Waals surface area contributed by atoms with Crippen LogP contribution in [-0.2, 0) is 20.6 Å². The third-order valence-corrected chi connectivity index (χ3v) is 5.27. The van der Waals surface area contributed by atoms with E-state index in [1.165, 1.54) is 11.1 Å². The number of benzene rings is 2. The second-order valence-corrected chi connectivity index (χ2v) is 7.66. The predicted octanol–water partition coefficient (Wildman–Crippen LogP) is 5.13. The molecular formula is C24H28F4N2O4. The monoisotopic (exact) mass is 484 g/mol. The summed E-state index contributed by atoms with van der Waals surface area (Å²) < 4.78 is 51.9. The Hall–Kier alpha value is -3.43. The molecule has 0 heterocycles. The molecule has 3 N–H and O–H groups in total. The third-order valence-electron chi connectivity index (χ3n) is 5.27. The van der Waals surface area contributed by atoms with Crippen molar-refractivity contribution in [3.05, 3.63) is 65.0 Å². The maximum atomic E-state index is 14.0. The number of hydrogen-bond donors (Lipinski definition) is 3. The van der Waals surface area contributed by atoms with Crippen molar-refractivity contribution in [2.24, 2.45) is 5.92 Å². The Labute approximate surface area is 195 Å². The molecule has 0 spiro atoms. The minimum absolute atomic E-state index is 0.217. The Morgan fingerprint density at radius 2 is 1.68 bits per heavy atom. The van der Waals surface area contributed by atoms with Gasteiger partial charge in [0.15, 0.2) is 0 Å². The normalized spacial score (nSPS) is 17.1. The van der Waals surface area contributed by atoms with Crippen LogP contribution in [0.3, 0.4) is 0 Å². The first-order valence-corrected chi connectivity index (χ1v) is 10.5. The van der Waals surface area contributed by atoms with E-state index in [0.29, 0.717) is 25.3 Å². The minimum Gasteiger partial charge on any atom is -0.483 e. The highest BCUT2D eigenvalue weighted by Crippen LogP contribution is 2.37. The Bertz CT molecular complexity index is 934. The van der Waals surface area contributed by atoms with Crippen molar-refractivity contribution in [3.63, 3.8) is 0 Å². The molecule has 6 nitrogen and oxygen atoms in total.